The Bertz CT molecular complexity index is 785. The van der Waals surface area contributed by atoms with Gasteiger partial charge in [-0.2, -0.15) is 5.10 Å². The molecule has 25 heavy (non-hydrogen) atoms. The van der Waals surface area contributed by atoms with Crippen LogP contribution in [0.15, 0.2) is 47.6 Å². The predicted molar refractivity (Wildman–Crippen MR) is 94.9 cm³/mol. The number of nitrogens with one attached hydrogen (secondary N) is 1. The highest BCUT2D eigenvalue weighted by atomic mass is 16.6. The topological polar surface area (TPSA) is 93.8 Å². The first-order valence-electron chi connectivity index (χ1n) is 7.78. The lowest BCUT2D eigenvalue weighted by Gasteiger charge is -2.06. The third-order valence-electron chi connectivity index (χ3n) is 3.46. The molecular formula is C18H19N3O4. The van der Waals surface area contributed by atoms with Crippen LogP contribution >= 0.6 is 0 Å². The van der Waals surface area contributed by atoms with Gasteiger partial charge in [-0.15, -0.1) is 0 Å². The number of hydrazone groups is 1. The number of carbonyl (C=O) groups is 1. The number of carbonyl (C=O) groups excluding carboxylic acids is 1. The van der Waals surface area contributed by atoms with Crippen LogP contribution < -0.4 is 10.2 Å². The van der Waals surface area contributed by atoms with E-state index in [2.05, 4.69) is 17.5 Å². The summed E-state index contributed by atoms with van der Waals surface area (Å²) >= 11 is 0. The highest BCUT2D eigenvalue weighted by molar-refractivity contribution is 5.83. The summed E-state index contributed by atoms with van der Waals surface area (Å²) in [5, 5.41) is 14.8. The van der Waals surface area contributed by atoms with E-state index in [1.807, 2.05) is 24.3 Å². The fraction of sp³-hybridized carbons (Fsp3) is 0.222. The van der Waals surface area contributed by atoms with Crippen LogP contribution in [0, 0.1) is 17.0 Å². The number of ether oxygens (including phenoxy) is 1. The molecular weight excluding hydrogens is 322 g/mol. The van der Waals surface area contributed by atoms with Crippen LogP contribution in [0.25, 0.3) is 0 Å². The Morgan fingerprint density at radius 2 is 2.00 bits per heavy atom. The molecule has 0 saturated carbocycles. The van der Waals surface area contributed by atoms with Gasteiger partial charge in [-0.25, -0.2) is 5.43 Å². The van der Waals surface area contributed by atoms with Crippen molar-refractivity contribution < 1.29 is 14.5 Å². The second-order valence-electron chi connectivity index (χ2n) is 5.41. The maximum Gasteiger partial charge on any atom is 0.311 e. The molecule has 0 heterocycles. The first kappa shape index (κ1) is 18.1. The maximum atomic E-state index is 11.7. The second-order valence-corrected chi connectivity index (χ2v) is 5.41. The molecule has 0 saturated heterocycles. The summed E-state index contributed by atoms with van der Waals surface area (Å²) in [4.78, 5) is 22.2. The zero-order valence-corrected chi connectivity index (χ0v) is 14.1. The minimum atomic E-state index is -0.543. The first-order chi connectivity index (χ1) is 12.0. The lowest BCUT2D eigenvalue weighted by atomic mass is 10.1. The van der Waals surface area contributed by atoms with Gasteiger partial charge >= 0.3 is 5.69 Å². The van der Waals surface area contributed by atoms with Crippen LogP contribution in [0.1, 0.15) is 23.6 Å². The van der Waals surface area contributed by atoms with Crippen molar-refractivity contribution in [3.05, 3.63) is 69.3 Å². The largest absolute Gasteiger partial charge is 0.477 e. The SMILES string of the molecule is CCc1ccc(C=NNC(=O)COc2ccc(C)cc2[N+](=O)[O-])cc1. The summed E-state index contributed by atoms with van der Waals surface area (Å²) in [6.07, 6.45) is 2.47. The Hall–Kier alpha value is -3.22. The van der Waals surface area contributed by atoms with E-state index in [9.17, 15) is 14.9 Å². The van der Waals surface area contributed by atoms with Gasteiger partial charge in [0.1, 0.15) is 0 Å². The fourth-order valence-corrected chi connectivity index (χ4v) is 2.09. The summed E-state index contributed by atoms with van der Waals surface area (Å²) in [6.45, 7) is 3.45. The minimum absolute atomic E-state index is 0.0462. The monoisotopic (exact) mass is 341 g/mol. The molecule has 0 aromatic heterocycles. The lowest BCUT2D eigenvalue weighted by molar-refractivity contribution is -0.385. The van der Waals surface area contributed by atoms with Crippen LogP contribution in [-0.4, -0.2) is 23.7 Å². The molecule has 1 amide bonds. The first-order valence-corrected chi connectivity index (χ1v) is 7.78. The summed E-state index contributed by atoms with van der Waals surface area (Å²) in [5.74, 6) is -0.457. The van der Waals surface area contributed by atoms with Gasteiger partial charge in [0.2, 0.25) is 0 Å². The smallest absolute Gasteiger partial charge is 0.311 e. The third-order valence-corrected chi connectivity index (χ3v) is 3.46. The van der Waals surface area contributed by atoms with Crippen molar-refractivity contribution >= 4 is 17.8 Å². The van der Waals surface area contributed by atoms with E-state index < -0.39 is 10.8 Å². The molecule has 0 aliphatic carbocycles. The van der Waals surface area contributed by atoms with Gasteiger partial charge in [-0.05, 0) is 36.1 Å². The minimum Gasteiger partial charge on any atom is -0.477 e. The number of amides is 1. The van der Waals surface area contributed by atoms with Gasteiger partial charge < -0.3 is 4.74 Å². The third kappa shape index (κ3) is 5.42. The Morgan fingerprint density at radius 1 is 1.28 bits per heavy atom. The number of hydrogen-bond acceptors (Lipinski definition) is 5. The number of rotatable bonds is 7. The lowest BCUT2D eigenvalue weighted by Crippen LogP contribution is -2.24. The van der Waals surface area contributed by atoms with E-state index in [0.29, 0.717) is 0 Å². The number of hydrogen-bond donors (Lipinski definition) is 1. The number of aryl methyl sites for hydroxylation is 2. The van der Waals surface area contributed by atoms with Crippen LogP contribution in [0.2, 0.25) is 0 Å². The Kier molecular flexibility index (Phi) is 6.22. The summed E-state index contributed by atoms with van der Waals surface area (Å²) in [5.41, 5.74) is 4.96. The van der Waals surface area contributed by atoms with Crippen molar-refractivity contribution in [1.82, 2.24) is 5.43 Å². The normalized spacial score (nSPS) is 10.6. The molecule has 0 aliphatic heterocycles. The van der Waals surface area contributed by atoms with Crippen LogP contribution in [0.5, 0.6) is 5.75 Å². The molecule has 0 radical (unpaired) electrons. The molecule has 2 aromatic carbocycles. The molecule has 2 rings (SSSR count). The van der Waals surface area contributed by atoms with E-state index in [-0.39, 0.29) is 18.0 Å². The zero-order valence-electron chi connectivity index (χ0n) is 14.1. The molecule has 0 aliphatic rings. The molecule has 0 spiro atoms. The van der Waals surface area contributed by atoms with E-state index in [1.54, 1.807) is 13.0 Å². The van der Waals surface area contributed by atoms with Gasteiger partial charge in [-0.3, -0.25) is 14.9 Å². The maximum absolute atomic E-state index is 11.7. The number of nitro groups is 1. The van der Waals surface area contributed by atoms with Crippen molar-refractivity contribution in [1.29, 1.82) is 0 Å². The molecule has 0 bridgehead atoms. The zero-order chi connectivity index (χ0) is 18.2. The van der Waals surface area contributed by atoms with Crippen molar-refractivity contribution in [3.8, 4) is 5.75 Å². The fourth-order valence-electron chi connectivity index (χ4n) is 2.09. The molecule has 130 valence electrons. The van der Waals surface area contributed by atoms with Crippen molar-refractivity contribution in [2.24, 2.45) is 5.10 Å². The van der Waals surface area contributed by atoms with Gasteiger partial charge in [0.15, 0.2) is 12.4 Å². The Morgan fingerprint density at radius 3 is 2.64 bits per heavy atom. The van der Waals surface area contributed by atoms with E-state index in [0.717, 1.165) is 17.5 Å². The van der Waals surface area contributed by atoms with Crippen molar-refractivity contribution in [2.45, 2.75) is 20.3 Å². The Balaban J connectivity index is 1.88. The molecule has 7 heteroatoms. The van der Waals surface area contributed by atoms with Crippen LogP contribution in [0.4, 0.5) is 5.69 Å². The summed E-state index contributed by atoms with van der Waals surface area (Å²) in [7, 11) is 0. The molecule has 0 unspecified atom stereocenters. The molecule has 2 aromatic rings. The van der Waals surface area contributed by atoms with Gasteiger partial charge in [-0.1, -0.05) is 37.3 Å². The average Bonchev–Trinajstić information content (AvgIpc) is 2.61. The number of benzene rings is 2. The number of nitro benzene ring substituents is 1. The molecule has 7 nitrogen and oxygen atoms in total. The summed E-state index contributed by atoms with van der Waals surface area (Å²) < 4.78 is 5.22. The highest BCUT2D eigenvalue weighted by Gasteiger charge is 2.16. The van der Waals surface area contributed by atoms with E-state index in [1.165, 1.54) is 23.9 Å². The van der Waals surface area contributed by atoms with E-state index in [4.69, 9.17) is 4.74 Å². The predicted octanol–water partition coefficient (Wildman–Crippen LogP) is 2.99. The highest BCUT2D eigenvalue weighted by Crippen LogP contribution is 2.27. The summed E-state index contributed by atoms with van der Waals surface area (Å²) in [6, 6.07) is 12.3. The number of nitrogens with zero attached hydrogens (tertiary/aromatic N) is 2. The van der Waals surface area contributed by atoms with Crippen molar-refractivity contribution in [2.75, 3.05) is 6.61 Å². The molecule has 0 fully saturated rings. The Labute approximate surface area is 145 Å². The second kappa shape index (κ2) is 8.58. The van der Waals surface area contributed by atoms with Crippen molar-refractivity contribution in [3.63, 3.8) is 0 Å². The standard InChI is InChI=1S/C18H19N3O4/c1-3-14-5-7-15(8-6-14)11-19-20-18(22)12-25-17-9-4-13(2)10-16(17)21(23)24/h4-11H,3,12H2,1-2H3,(H,20,22). The van der Waals surface area contributed by atoms with Crippen LogP contribution in [0.3, 0.4) is 0 Å². The van der Waals surface area contributed by atoms with Crippen LogP contribution in [-0.2, 0) is 11.2 Å². The van der Waals surface area contributed by atoms with E-state index >= 15 is 0 Å². The van der Waals surface area contributed by atoms with Gasteiger partial charge in [0, 0.05) is 6.07 Å². The molecule has 1 N–H and O–H groups in total. The average molecular weight is 341 g/mol. The molecule has 0 atom stereocenters. The van der Waals surface area contributed by atoms with Gasteiger partial charge in [0.05, 0.1) is 11.1 Å². The quantitative estimate of drug-likeness (QED) is 0.476. The van der Waals surface area contributed by atoms with Gasteiger partial charge in [0.25, 0.3) is 5.91 Å².